The van der Waals surface area contributed by atoms with Crippen molar-refractivity contribution < 1.29 is 0 Å². The van der Waals surface area contributed by atoms with Gasteiger partial charge in [-0.2, -0.15) is 0 Å². The Balaban J connectivity index is 1.46. The fraction of sp³-hybridized carbons (Fsp3) is 0.0526. The van der Waals surface area contributed by atoms with Crippen molar-refractivity contribution in [2.45, 2.75) is 12.8 Å². The minimum atomic E-state index is 1.04. The molecule has 0 atom stereocenters. The Morgan fingerprint density at radius 2 is 1.02 bits per heavy atom. The van der Waals surface area contributed by atoms with E-state index < -0.39 is 0 Å². The van der Waals surface area contributed by atoms with E-state index in [-0.39, 0.29) is 0 Å². The summed E-state index contributed by atoms with van der Waals surface area (Å²) in [6.07, 6.45) is 6.79. The average Bonchev–Trinajstić information content (AvgIpc) is 3.51. The number of hydrogen-bond acceptors (Lipinski definition) is 0. The minimum absolute atomic E-state index is 1.04. The Bertz CT molecular complexity index is 2320. The van der Waals surface area contributed by atoms with Gasteiger partial charge in [0.05, 0.1) is 27.9 Å². The first-order chi connectivity index (χ1) is 19.9. The van der Waals surface area contributed by atoms with Crippen LogP contribution in [-0.2, 0) is 6.42 Å². The van der Waals surface area contributed by atoms with Crippen molar-refractivity contribution in [3.8, 4) is 11.4 Å². The van der Waals surface area contributed by atoms with E-state index >= 15 is 0 Å². The first-order valence-electron chi connectivity index (χ1n) is 14.1. The Hall–Kier alpha value is -5.08. The molecule has 8 aromatic rings. The van der Waals surface area contributed by atoms with Crippen LogP contribution in [0.1, 0.15) is 17.7 Å². The molecule has 9 rings (SSSR count). The van der Waals surface area contributed by atoms with Gasteiger partial charge in [0.2, 0.25) is 0 Å². The summed E-state index contributed by atoms with van der Waals surface area (Å²) in [5.74, 6) is 0. The zero-order valence-corrected chi connectivity index (χ0v) is 22.0. The lowest BCUT2D eigenvalue weighted by Gasteiger charge is -2.15. The predicted molar refractivity (Wildman–Crippen MR) is 170 cm³/mol. The summed E-state index contributed by atoms with van der Waals surface area (Å²) in [5.41, 5.74) is 9.01. The molecular weight excluding hydrogens is 484 g/mol. The lowest BCUT2D eigenvalue weighted by Crippen LogP contribution is -2.03. The third kappa shape index (κ3) is 2.93. The highest BCUT2D eigenvalue weighted by Gasteiger charge is 2.23. The molecule has 0 fully saturated rings. The smallest absolute Gasteiger partial charge is 0.0549 e. The van der Waals surface area contributed by atoms with Gasteiger partial charge in [-0.1, -0.05) is 103 Å². The number of allylic oxidation sites excluding steroid dienone is 1. The van der Waals surface area contributed by atoms with Gasteiger partial charge in [-0.15, -0.1) is 0 Å². The lowest BCUT2D eigenvalue weighted by atomic mass is 10.0. The molecule has 0 amide bonds. The molecule has 1 aliphatic carbocycles. The van der Waals surface area contributed by atoms with Crippen LogP contribution in [0.2, 0.25) is 0 Å². The molecule has 0 saturated carbocycles. The maximum atomic E-state index is 2.54. The van der Waals surface area contributed by atoms with Gasteiger partial charge in [0.1, 0.15) is 0 Å². The van der Waals surface area contributed by atoms with Crippen molar-refractivity contribution >= 4 is 60.3 Å². The van der Waals surface area contributed by atoms with Crippen LogP contribution < -0.4 is 0 Å². The largest absolute Gasteiger partial charge is 0.312 e. The van der Waals surface area contributed by atoms with E-state index in [0.717, 1.165) is 12.8 Å². The van der Waals surface area contributed by atoms with Gasteiger partial charge >= 0.3 is 0 Å². The van der Waals surface area contributed by atoms with Crippen molar-refractivity contribution in [1.29, 1.82) is 0 Å². The molecule has 0 radical (unpaired) electrons. The highest BCUT2D eigenvalue weighted by atomic mass is 15.0. The minimum Gasteiger partial charge on any atom is -0.312 e. The summed E-state index contributed by atoms with van der Waals surface area (Å²) in [6, 6.07) is 44.5. The quantitative estimate of drug-likeness (QED) is 0.219. The summed E-state index contributed by atoms with van der Waals surface area (Å²) >= 11 is 0. The third-order valence-corrected chi connectivity index (χ3v) is 8.75. The summed E-state index contributed by atoms with van der Waals surface area (Å²) in [6.45, 7) is 0. The average molecular weight is 511 g/mol. The van der Waals surface area contributed by atoms with Gasteiger partial charge in [-0.05, 0) is 53.9 Å². The van der Waals surface area contributed by atoms with Crippen molar-refractivity contribution in [3.63, 3.8) is 0 Å². The molecule has 2 nitrogen and oxygen atoms in total. The van der Waals surface area contributed by atoms with E-state index in [9.17, 15) is 0 Å². The molecule has 0 saturated heterocycles. The van der Waals surface area contributed by atoms with E-state index in [1.165, 1.54) is 76.9 Å². The van der Waals surface area contributed by atoms with Crippen LogP contribution in [-0.4, -0.2) is 9.13 Å². The summed E-state index contributed by atoms with van der Waals surface area (Å²) in [5, 5.41) is 8.98. The van der Waals surface area contributed by atoms with Crippen molar-refractivity contribution in [1.82, 2.24) is 9.13 Å². The molecule has 0 unspecified atom stereocenters. The number of para-hydroxylation sites is 1. The van der Waals surface area contributed by atoms with E-state index in [1.54, 1.807) is 0 Å². The maximum absolute atomic E-state index is 2.54. The Kier molecular flexibility index (Phi) is 4.48. The number of fused-ring (bicyclic) bond motifs is 8. The molecule has 0 N–H and O–H groups in total. The van der Waals surface area contributed by atoms with Gasteiger partial charge in [-0.25, -0.2) is 0 Å². The molecule has 0 bridgehead atoms. The van der Waals surface area contributed by atoms with Gasteiger partial charge in [-0.3, -0.25) is 0 Å². The highest BCUT2D eigenvalue weighted by molar-refractivity contribution is 6.15. The number of rotatable bonds is 2. The van der Waals surface area contributed by atoms with Crippen molar-refractivity contribution in [2.24, 2.45) is 0 Å². The number of hydrogen-bond donors (Lipinski definition) is 0. The van der Waals surface area contributed by atoms with Crippen LogP contribution in [0.4, 0.5) is 0 Å². The molecule has 0 spiro atoms. The van der Waals surface area contributed by atoms with E-state index in [0.29, 0.717) is 0 Å². The molecule has 188 valence electrons. The van der Waals surface area contributed by atoms with Crippen LogP contribution >= 0.6 is 0 Å². The van der Waals surface area contributed by atoms with Crippen LogP contribution in [0.3, 0.4) is 0 Å². The van der Waals surface area contributed by atoms with Crippen LogP contribution in [0.15, 0.2) is 127 Å². The third-order valence-electron chi connectivity index (χ3n) is 8.75. The van der Waals surface area contributed by atoms with Gasteiger partial charge < -0.3 is 9.13 Å². The Labute approximate surface area is 232 Å². The zero-order valence-electron chi connectivity index (χ0n) is 22.0. The monoisotopic (exact) mass is 510 g/mol. The normalized spacial score (nSPS) is 13.2. The van der Waals surface area contributed by atoms with Gasteiger partial charge in [0, 0.05) is 38.2 Å². The second-order valence-corrected chi connectivity index (χ2v) is 10.9. The molecule has 2 heteroatoms. The fourth-order valence-electron chi connectivity index (χ4n) is 7.02. The fourth-order valence-corrected chi connectivity index (χ4v) is 7.02. The molecule has 0 aliphatic heterocycles. The van der Waals surface area contributed by atoms with Gasteiger partial charge in [0.25, 0.3) is 0 Å². The van der Waals surface area contributed by atoms with Crippen molar-refractivity contribution in [3.05, 3.63) is 139 Å². The molecule has 6 aromatic carbocycles. The molecule has 40 heavy (non-hydrogen) atoms. The van der Waals surface area contributed by atoms with E-state index in [2.05, 4.69) is 143 Å². The predicted octanol–water partition coefficient (Wildman–Crippen LogP) is 9.99. The SMILES string of the molecule is C1=Cc2c(n(-c3cccc4ccccc34)c3cc4c5ccccc5n(-c5cccc6ccccc56)c4cc23)CC1. The van der Waals surface area contributed by atoms with E-state index in [4.69, 9.17) is 0 Å². The number of nitrogens with zero attached hydrogens (tertiary/aromatic N) is 2. The lowest BCUT2D eigenvalue weighted by molar-refractivity contribution is 0.892. The standard InChI is InChI=1S/C38H26N2/c1-3-15-27-25(11-1)13-9-21-33(27)39-35-19-7-5-17-29(35)31-24-38-32(23-37(31)39)30-18-6-8-20-36(30)40(38)34-22-10-14-26-12-2-4-16-28(26)34/h1-7,9-19,21-24H,8,20H2. The van der Waals surface area contributed by atoms with Gasteiger partial charge in [0.15, 0.2) is 0 Å². The van der Waals surface area contributed by atoms with Crippen LogP contribution in [0, 0.1) is 0 Å². The molecule has 1 aliphatic rings. The topological polar surface area (TPSA) is 9.86 Å². The van der Waals surface area contributed by atoms with Crippen LogP contribution in [0.5, 0.6) is 0 Å². The number of benzene rings is 6. The Morgan fingerprint density at radius 3 is 1.77 bits per heavy atom. The first-order valence-corrected chi connectivity index (χ1v) is 14.1. The highest BCUT2D eigenvalue weighted by Crippen LogP contribution is 2.42. The number of aromatic nitrogens is 2. The van der Waals surface area contributed by atoms with E-state index in [1.807, 2.05) is 0 Å². The molecule has 2 aromatic heterocycles. The summed E-state index contributed by atoms with van der Waals surface area (Å²) < 4.78 is 5.01. The maximum Gasteiger partial charge on any atom is 0.0549 e. The summed E-state index contributed by atoms with van der Waals surface area (Å²) in [7, 11) is 0. The Morgan fingerprint density at radius 1 is 0.450 bits per heavy atom. The summed E-state index contributed by atoms with van der Waals surface area (Å²) in [4.78, 5) is 0. The second kappa shape index (κ2) is 8.21. The van der Waals surface area contributed by atoms with Crippen molar-refractivity contribution in [2.75, 3.05) is 0 Å². The zero-order chi connectivity index (χ0) is 26.2. The first kappa shape index (κ1) is 21.8. The van der Waals surface area contributed by atoms with Crippen LogP contribution in [0.25, 0.3) is 71.7 Å². The molecular formula is C38H26N2. The molecule has 2 heterocycles. The second-order valence-electron chi connectivity index (χ2n) is 10.9.